The molecule has 3 aromatic heterocycles. The van der Waals surface area contributed by atoms with E-state index in [0.717, 1.165) is 0 Å². The second-order valence-corrected chi connectivity index (χ2v) is 5.95. The quantitative estimate of drug-likeness (QED) is 0.592. The van der Waals surface area contributed by atoms with Gasteiger partial charge in [0.25, 0.3) is 0 Å². The number of furan rings is 1. The largest absolute Gasteiger partial charge is 0.478 e. The number of hydrogen-bond acceptors (Lipinski definition) is 4. The van der Waals surface area contributed by atoms with Crippen LogP contribution < -0.4 is 0 Å². The molecular formula is C18H12ClN3O3. The van der Waals surface area contributed by atoms with Crippen molar-refractivity contribution >= 4 is 28.6 Å². The van der Waals surface area contributed by atoms with Gasteiger partial charge in [0, 0.05) is 5.02 Å². The standard InChI is InChI=1S/C18H12ClN3O3/c1-10-16-13(18(23)24)9-14(15-6-3-7-25-15)20-17(16)22(21-10)12-5-2-4-11(19)8-12/h2-9H,1H3,(H,23,24). The van der Waals surface area contributed by atoms with Gasteiger partial charge in [0.1, 0.15) is 5.69 Å². The van der Waals surface area contributed by atoms with Crippen molar-refractivity contribution in [2.24, 2.45) is 0 Å². The van der Waals surface area contributed by atoms with Crippen LogP contribution in [0.15, 0.2) is 53.1 Å². The number of rotatable bonds is 3. The number of carboxylic acids is 1. The molecule has 0 spiro atoms. The molecule has 0 aliphatic carbocycles. The van der Waals surface area contributed by atoms with Crippen molar-refractivity contribution in [2.45, 2.75) is 6.92 Å². The van der Waals surface area contributed by atoms with Crippen molar-refractivity contribution in [1.29, 1.82) is 0 Å². The molecule has 0 amide bonds. The summed E-state index contributed by atoms with van der Waals surface area (Å²) in [4.78, 5) is 16.4. The van der Waals surface area contributed by atoms with Crippen LogP contribution in [0, 0.1) is 6.92 Å². The van der Waals surface area contributed by atoms with Crippen molar-refractivity contribution in [3.8, 4) is 17.1 Å². The van der Waals surface area contributed by atoms with Crippen LogP contribution in [0.4, 0.5) is 0 Å². The van der Waals surface area contributed by atoms with E-state index < -0.39 is 5.97 Å². The average Bonchev–Trinajstić information content (AvgIpc) is 3.22. The highest BCUT2D eigenvalue weighted by Crippen LogP contribution is 2.29. The molecule has 1 N–H and O–H groups in total. The van der Waals surface area contributed by atoms with Gasteiger partial charge in [-0.25, -0.2) is 14.5 Å². The molecule has 0 radical (unpaired) electrons. The number of pyridine rings is 1. The number of fused-ring (bicyclic) bond motifs is 1. The number of halogens is 1. The van der Waals surface area contributed by atoms with Gasteiger partial charge in [0.2, 0.25) is 0 Å². The molecule has 3 heterocycles. The summed E-state index contributed by atoms with van der Waals surface area (Å²) in [6.07, 6.45) is 1.52. The zero-order valence-corrected chi connectivity index (χ0v) is 13.9. The number of carbonyl (C=O) groups is 1. The fourth-order valence-corrected chi connectivity index (χ4v) is 2.98. The predicted octanol–water partition coefficient (Wildman–Crippen LogP) is 4.34. The maximum absolute atomic E-state index is 11.8. The second kappa shape index (κ2) is 5.75. The highest BCUT2D eigenvalue weighted by atomic mass is 35.5. The number of aromatic carboxylic acids is 1. The SMILES string of the molecule is Cc1nn(-c2cccc(Cl)c2)c2nc(-c3ccco3)cc(C(=O)O)c12. The number of aryl methyl sites for hydroxylation is 1. The summed E-state index contributed by atoms with van der Waals surface area (Å²) in [5.41, 5.74) is 2.27. The minimum absolute atomic E-state index is 0.127. The molecule has 0 bridgehead atoms. The smallest absolute Gasteiger partial charge is 0.336 e. The molecule has 1 aromatic carbocycles. The highest BCUT2D eigenvalue weighted by molar-refractivity contribution is 6.30. The number of nitrogens with zero attached hydrogens (tertiary/aromatic N) is 3. The third kappa shape index (κ3) is 2.56. The normalized spacial score (nSPS) is 11.1. The average molecular weight is 354 g/mol. The molecule has 6 nitrogen and oxygen atoms in total. The van der Waals surface area contributed by atoms with Crippen LogP contribution in [-0.4, -0.2) is 25.8 Å². The summed E-state index contributed by atoms with van der Waals surface area (Å²) in [7, 11) is 0. The van der Waals surface area contributed by atoms with E-state index in [1.54, 1.807) is 41.9 Å². The van der Waals surface area contributed by atoms with E-state index in [4.69, 9.17) is 16.0 Å². The molecule has 7 heteroatoms. The van der Waals surface area contributed by atoms with E-state index in [1.807, 2.05) is 6.07 Å². The van der Waals surface area contributed by atoms with Gasteiger partial charge >= 0.3 is 5.97 Å². The van der Waals surface area contributed by atoms with E-state index in [2.05, 4.69) is 10.1 Å². The first-order valence-electron chi connectivity index (χ1n) is 7.48. The first-order valence-corrected chi connectivity index (χ1v) is 7.86. The van der Waals surface area contributed by atoms with Crippen molar-refractivity contribution in [3.63, 3.8) is 0 Å². The third-order valence-electron chi connectivity index (χ3n) is 3.87. The number of aromatic nitrogens is 3. The summed E-state index contributed by atoms with van der Waals surface area (Å²) < 4.78 is 6.96. The van der Waals surface area contributed by atoms with E-state index in [-0.39, 0.29) is 5.56 Å². The van der Waals surface area contributed by atoms with E-state index in [1.165, 1.54) is 12.3 Å². The Morgan fingerprint density at radius 1 is 1.24 bits per heavy atom. The molecule has 4 rings (SSSR count). The summed E-state index contributed by atoms with van der Waals surface area (Å²) >= 11 is 6.08. The molecular weight excluding hydrogens is 342 g/mol. The Morgan fingerprint density at radius 3 is 2.76 bits per heavy atom. The number of hydrogen-bond donors (Lipinski definition) is 1. The Morgan fingerprint density at radius 2 is 2.08 bits per heavy atom. The Hall–Kier alpha value is -3.12. The zero-order valence-electron chi connectivity index (χ0n) is 13.1. The zero-order chi connectivity index (χ0) is 17.6. The van der Waals surface area contributed by atoms with E-state index in [9.17, 15) is 9.90 Å². The van der Waals surface area contributed by atoms with Crippen LogP contribution in [0.1, 0.15) is 16.1 Å². The van der Waals surface area contributed by atoms with Crippen molar-refractivity contribution in [1.82, 2.24) is 14.8 Å². The first-order chi connectivity index (χ1) is 12.0. The van der Waals surface area contributed by atoms with Crippen LogP contribution >= 0.6 is 11.6 Å². The Bertz CT molecular complexity index is 1100. The molecule has 4 aromatic rings. The first kappa shape index (κ1) is 15.4. The van der Waals surface area contributed by atoms with E-state index >= 15 is 0 Å². The third-order valence-corrected chi connectivity index (χ3v) is 4.10. The molecule has 0 aliphatic heterocycles. The molecule has 124 valence electrons. The molecule has 0 aliphatic rings. The Labute approximate surface area is 147 Å². The van der Waals surface area contributed by atoms with Crippen molar-refractivity contribution < 1.29 is 14.3 Å². The highest BCUT2D eigenvalue weighted by Gasteiger charge is 2.21. The van der Waals surface area contributed by atoms with Crippen LogP contribution in [-0.2, 0) is 0 Å². The fraction of sp³-hybridized carbons (Fsp3) is 0.0556. The lowest BCUT2D eigenvalue weighted by Gasteiger charge is -2.06. The lowest BCUT2D eigenvalue weighted by molar-refractivity contribution is 0.0699. The Kier molecular flexibility index (Phi) is 3.54. The monoisotopic (exact) mass is 353 g/mol. The van der Waals surface area contributed by atoms with Gasteiger partial charge in [-0.2, -0.15) is 5.10 Å². The van der Waals surface area contributed by atoms with Gasteiger partial charge in [-0.15, -0.1) is 0 Å². The summed E-state index contributed by atoms with van der Waals surface area (Å²) in [6, 6.07) is 12.1. The van der Waals surface area contributed by atoms with Crippen LogP contribution in [0.3, 0.4) is 0 Å². The van der Waals surface area contributed by atoms with Gasteiger partial charge in [0.05, 0.1) is 28.6 Å². The maximum atomic E-state index is 11.8. The molecule has 0 unspecified atom stereocenters. The van der Waals surface area contributed by atoms with Crippen LogP contribution in [0.2, 0.25) is 5.02 Å². The van der Waals surface area contributed by atoms with E-state index in [0.29, 0.717) is 38.9 Å². The minimum Gasteiger partial charge on any atom is -0.478 e. The van der Waals surface area contributed by atoms with Crippen molar-refractivity contribution in [3.05, 3.63) is 65.0 Å². The molecule has 0 fully saturated rings. The summed E-state index contributed by atoms with van der Waals surface area (Å²) in [5, 5.41) is 15.1. The van der Waals surface area contributed by atoms with Gasteiger partial charge in [-0.1, -0.05) is 17.7 Å². The fourth-order valence-electron chi connectivity index (χ4n) is 2.80. The topological polar surface area (TPSA) is 81.2 Å². The van der Waals surface area contributed by atoms with Crippen LogP contribution in [0.25, 0.3) is 28.2 Å². The summed E-state index contributed by atoms with van der Waals surface area (Å²) in [5.74, 6) is -0.560. The van der Waals surface area contributed by atoms with Gasteiger partial charge < -0.3 is 9.52 Å². The number of carboxylic acid groups (broad SMARTS) is 1. The number of benzene rings is 1. The molecule has 0 atom stereocenters. The molecule has 0 saturated carbocycles. The summed E-state index contributed by atoms with van der Waals surface area (Å²) in [6.45, 7) is 1.75. The Balaban J connectivity index is 2.07. The van der Waals surface area contributed by atoms with Gasteiger partial charge in [0.15, 0.2) is 11.4 Å². The van der Waals surface area contributed by atoms with Crippen LogP contribution in [0.5, 0.6) is 0 Å². The van der Waals surface area contributed by atoms with Gasteiger partial charge in [-0.3, -0.25) is 0 Å². The van der Waals surface area contributed by atoms with Gasteiger partial charge in [-0.05, 0) is 43.3 Å². The molecule has 25 heavy (non-hydrogen) atoms. The molecule has 0 saturated heterocycles. The predicted molar refractivity (Wildman–Crippen MR) is 93.3 cm³/mol. The lowest BCUT2D eigenvalue weighted by Crippen LogP contribution is -2.02. The van der Waals surface area contributed by atoms with Crippen molar-refractivity contribution in [2.75, 3.05) is 0 Å². The lowest BCUT2D eigenvalue weighted by atomic mass is 10.1. The minimum atomic E-state index is -1.05. The maximum Gasteiger partial charge on any atom is 0.336 e. The second-order valence-electron chi connectivity index (χ2n) is 5.51.